The quantitative estimate of drug-likeness (QED) is 0.511. The lowest BCUT2D eigenvalue weighted by Crippen LogP contribution is -1.97. The van der Waals surface area contributed by atoms with Crippen LogP contribution in [0.25, 0.3) is 5.78 Å². The van der Waals surface area contributed by atoms with E-state index in [1.54, 1.807) is 11.8 Å². The van der Waals surface area contributed by atoms with Gasteiger partial charge in [-0.15, -0.1) is 16.9 Å². The maximum atomic E-state index is 4.52. The van der Waals surface area contributed by atoms with E-state index in [0.717, 1.165) is 28.0 Å². The highest BCUT2D eigenvalue weighted by atomic mass is 32.2. The number of benzene rings is 1. The number of hydrogen-bond donors (Lipinski definition) is 0. The van der Waals surface area contributed by atoms with Crippen LogP contribution in [0.4, 0.5) is 0 Å². The Bertz CT molecular complexity index is 842. The van der Waals surface area contributed by atoms with Crippen molar-refractivity contribution in [3.05, 3.63) is 46.8 Å². The Kier molecular flexibility index (Phi) is 4.92. The third-order valence-electron chi connectivity index (χ3n) is 3.66. The number of thioether (sulfide) groups is 2. The minimum absolute atomic E-state index is 0.687. The van der Waals surface area contributed by atoms with Crippen LogP contribution in [0.3, 0.4) is 0 Å². The molecule has 6 heteroatoms. The molecule has 0 saturated heterocycles. The van der Waals surface area contributed by atoms with Crippen molar-refractivity contribution in [3.63, 3.8) is 0 Å². The van der Waals surface area contributed by atoms with E-state index in [-0.39, 0.29) is 0 Å². The van der Waals surface area contributed by atoms with Crippen LogP contribution < -0.4 is 0 Å². The summed E-state index contributed by atoms with van der Waals surface area (Å²) in [6, 6.07) is 8.65. The molecule has 2 aromatic heterocycles. The normalized spacial score (nSPS) is 11.3. The van der Waals surface area contributed by atoms with Crippen molar-refractivity contribution in [2.75, 3.05) is 11.5 Å². The first-order chi connectivity index (χ1) is 11.0. The Morgan fingerprint density at radius 2 is 1.70 bits per heavy atom. The van der Waals surface area contributed by atoms with Gasteiger partial charge in [0, 0.05) is 27.8 Å². The van der Waals surface area contributed by atoms with Crippen LogP contribution in [0.15, 0.2) is 34.3 Å². The predicted octanol–water partition coefficient (Wildman–Crippen LogP) is 4.24. The number of aryl methyl sites for hydroxylation is 4. The number of fused-ring (bicyclic) bond motifs is 1. The van der Waals surface area contributed by atoms with Crippen molar-refractivity contribution in [3.8, 4) is 0 Å². The smallest absolute Gasteiger partial charge is 0.216 e. The summed E-state index contributed by atoms with van der Waals surface area (Å²) in [5.74, 6) is 2.70. The highest BCUT2D eigenvalue weighted by molar-refractivity contribution is 8.02. The summed E-state index contributed by atoms with van der Waals surface area (Å²) in [4.78, 5) is 10.2. The average Bonchev–Trinajstić information content (AvgIpc) is 2.90. The number of rotatable bonds is 5. The fourth-order valence-electron chi connectivity index (χ4n) is 2.31. The molecule has 0 radical (unpaired) electrons. The van der Waals surface area contributed by atoms with Crippen LogP contribution in [0.1, 0.15) is 22.5 Å². The second kappa shape index (κ2) is 6.93. The molecule has 0 unspecified atom stereocenters. The molecule has 3 rings (SSSR count). The fourth-order valence-corrected chi connectivity index (χ4v) is 4.10. The molecule has 2 heterocycles. The minimum atomic E-state index is 0.687. The van der Waals surface area contributed by atoms with Gasteiger partial charge < -0.3 is 0 Å². The lowest BCUT2D eigenvalue weighted by Gasteiger charge is -2.04. The van der Waals surface area contributed by atoms with Crippen LogP contribution in [-0.4, -0.2) is 31.1 Å². The zero-order valence-corrected chi connectivity index (χ0v) is 15.5. The van der Waals surface area contributed by atoms with E-state index >= 15 is 0 Å². The van der Waals surface area contributed by atoms with Gasteiger partial charge in [-0.1, -0.05) is 17.8 Å². The van der Waals surface area contributed by atoms with Crippen molar-refractivity contribution in [2.45, 2.75) is 37.7 Å². The lowest BCUT2D eigenvalue weighted by molar-refractivity contribution is 0.843. The second-order valence-corrected chi connectivity index (χ2v) is 7.82. The highest BCUT2D eigenvalue weighted by Gasteiger charge is 2.08. The zero-order valence-electron chi connectivity index (χ0n) is 13.8. The third kappa shape index (κ3) is 3.87. The maximum absolute atomic E-state index is 4.52. The summed E-state index contributed by atoms with van der Waals surface area (Å²) in [6.07, 6.45) is 0. The van der Waals surface area contributed by atoms with E-state index in [2.05, 4.69) is 47.1 Å². The summed E-state index contributed by atoms with van der Waals surface area (Å²) in [5, 5.41) is 5.32. The molecule has 0 N–H and O–H groups in total. The van der Waals surface area contributed by atoms with Crippen molar-refractivity contribution >= 4 is 29.3 Å². The van der Waals surface area contributed by atoms with Gasteiger partial charge in [0.05, 0.1) is 0 Å². The Morgan fingerprint density at radius 3 is 2.48 bits per heavy atom. The van der Waals surface area contributed by atoms with Crippen LogP contribution in [0.5, 0.6) is 0 Å². The molecule has 1 aromatic carbocycles. The summed E-state index contributed by atoms with van der Waals surface area (Å²) < 4.78 is 1.81. The molecule has 0 saturated carbocycles. The standard InChI is InChI=1S/C17H20N4S2/c1-11-5-6-15(9-12(11)2)22-7-8-23-17-19-16-18-13(3)10-14(4)21(16)20-17/h5-6,9-10H,7-8H2,1-4H3. The molecular weight excluding hydrogens is 324 g/mol. The zero-order chi connectivity index (χ0) is 16.4. The van der Waals surface area contributed by atoms with Crippen molar-refractivity contribution in [2.24, 2.45) is 0 Å². The minimum Gasteiger partial charge on any atom is -0.216 e. The van der Waals surface area contributed by atoms with Crippen molar-refractivity contribution in [1.29, 1.82) is 0 Å². The third-order valence-corrected chi connectivity index (χ3v) is 5.75. The molecule has 3 aromatic rings. The molecule has 0 amide bonds. The van der Waals surface area contributed by atoms with E-state index in [1.807, 2.05) is 36.2 Å². The van der Waals surface area contributed by atoms with E-state index in [1.165, 1.54) is 16.0 Å². The second-order valence-electron chi connectivity index (χ2n) is 5.59. The molecule has 0 aliphatic heterocycles. The number of nitrogens with zero attached hydrogens (tertiary/aromatic N) is 4. The summed E-state index contributed by atoms with van der Waals surface area (Å²) in [6.45, 7) is 8.31. The summed E-state index contributed by atoms with van der Waals surface area (Å²) in [7, 11) is 0. The fraction of sp³-hybridized carbons (Fsp3) is 0.353. The number of hydrogen-bond acceptors (Lipinski definition) is 5. The van der Waals surface area contributed by atoms with Gasteiger partial charge in [0.2, 0.25) is 5.16 Å². The van der Waals surface area contributed by atoms with Gasteiger partial charge in [0.1, 0.15) is 0 Å². The van der Waals surface area contributed by atoms with Gasteiger partial charge in [0.15, 0.2) is 0 Å². The largest absolute Gasteiger partial charge is 0.253 e. The summed E-state index contributed by atoms with van der Waals surface area (Å²) in [5.41, 5.74) is 4.73. The van der Waals surface area contributed by atoms with Crippen LogP contribution >= 0.6 is 23.5 Å². The van der Waals surface area contributed by atoms with Crippen molar-refractivity contribution in [1.82, 2.24) is 19.6 Å². The molecule has 0 atom stereocenters. The summed E-state index contributed by atoms with van der Waals surface area (Å²) >= 11 is 3.56. The number of aromatic nitrogens is 4. The van der Waals surface area contributed by atoms with Crippen LogP contribution in [-0.2, 0) is 0 Å². The first-order valence-electron chi connectivity index (χ1n) is 7.57. The Hall–Kier alpha value is -1.53. The van der Waals surface area contributed by atoms with E-state index < -0.39 is 0 Å². The van der Waals surface area contributed by atoms with Gasteiger partial charge in [-0.2, -0.15) is 4.98 Å². The van der Waals surface area contributed by atoms with Gasteiger partial charge in [-0.25, -0.2) is 9.50 Å². The molecule has 120 valence electrons. The molecule has 0 aliphatic carbocycles. The van der Waals surface area contributed by atoms with Gasteiger partial charge in [-0.05, 0) is 57.0 Å². The Labute approximate surface area is 145 Å². The maximum Gasteiger partial charge on any atom is 0.253 e. The monoisotopic (exact) mass is 344 g/mol. The molecule has 23 heavy (non-hydrogen) atoms. The first-order valence-corrected chi connectivity index (χ1v) is 9.54. The molecule has 0 spiro atoms. The molecule has 0 bridgehead atoms. The van der Waals surface area contributed by atoms with Gasteiger partial charge in [-0.3, -0.25) is 0 Å². The topological polar surface area (TPSA) is 43.1 Å². The molecule has 0 fully saturated rings. The lowest BCUT2D eigenvalue weighted by atomic mass is 10.1. The van der Waals surface area contributed by atoms with Gasteiger partial charge >= 0.3 is 0 Å². The van der Waals surface area contributed by atoms with E-state index in [4.69, 9.17) is 0 Å². The Morgan fingerprint density at radius 1 is 0.913 bits per heavy atom. The van der Waals surface area contributed by atoms with Crippen molar-refractivity contribution < 1.29 is 0 Å². The SMILES string of the molecule is Cc1cc(C)n2nc(SCCSc3ccc(C)c(C)c3)nc2n1. The Balaban J connectivity index is 1.58. The first kappa shape index (κ1) is 16.3. The van der Waals surface area contributed by atoms with E-state index in [9.17, 15) is 0 Å². The predicted molar refractivity (Wildman–Crippen MR) is 97.6 cm³/mol. The van der Waals surface area contributed by atoms with Crippen LogP contribution in [0.2, 0.25) is 0 Å². The molecule has 4 nitrogen and oxygen atoms in total. The molecular formula is C17H20N4S2. The van der Waals surface area contributed by atoms with Gasteiger partial charge in [0.25, 0.3) is 5.78 Å². The van der Waals surface area contributed by atoms with E-state index in [0.29, 0.717) is 5.78 Å². The highest BCUT2D eigenvalue weighted by Crippen LogP contribution is 2.23. The van der Waals surface area contributed by atoms with Crippen LogP contribution in [0, 0.1) is 27.7 Å². The molecule has 0 aliphatic rings. The average molecular weight is 345 g/mol.